The molecule has 0 aliphatic carbocycles. The molecule has 1 atom stereocenters. The van der Waals surface area contributed by atoms with Crippen LogP contribution in [0.1, 0.15) is 36.8 Å². The Morgan fingerprint density at radius 2 is 1.86 bits per heavy atom. The number of carbonyl (C=O) groups is 1. The number of pyridine rings is 1. The molecule has 2 heterocycles. The molecule has 1 amide bonds. The van der Waals surface area contributed by atoms with Crippen molar-refractivity contribution in [2.24, 2.45) is 0 Å². The second kappa shape index (κ2) is 10.3. The molecule has 0 saturated heterocycles. The van der Waals surface area contributed by atoms with Crippen molar-refractivity contribution in [3.05, 3.63) is 77.7 Å². The molecule has 1 N–H and O–H groups in total. The fraction of sp³-hybridized carbons (Fsp3) is 0.269. The normalized spacial score (nSPS) is 11.7. The molecule has 1 unspecified atom stereocenters. The van der Waals surface area contributed by atoms with Crippen LogP contribution in [-0.2, 0) is 6.42 Å². The summed E-state index contributed by atoms with van der Waals surface area (Å²) in [6.07, 6.45) is 1.83. The van der Waals surface area contributed by atoms with Crippen LogP contribution in [0.4, 0.5) is 10.6 Å². The molecule has 0 bridgehead atoms. The molecule has 0 fully saturated rings. The summed E-state index contributed by atoms with van der Waals surface area (Å²) in [6.45, 7) is 5.93. The van der Waals surface area contributed by atoms with Crippen LogP contribution in [0.5, 0.6) is 5.75 Å². The highest BCUT2D eigenvalue weighted by atomic mass is 16.6. The number of ether oxygens (including phenoxy) is 1. The number of amides is 1. The van der Waals surface area contributed by atoms with E-state index in [-0.39, 0.29) is 6.04 Å². The molecule has 9 nitrogen and oxygen atoms in total. The number of aromatic nitrogens is 5. The van der Waals surface area contributed by atoms with Crippen LogP contribution in [0.25, 0.3) is 16.8 Å². The highest BCUT2D eigenvalue weighted by molar-refractivity contribution is 5.74. The third-order valence-corrected chi connectivity index (χ3v) is 5.64. The number of carbonyl (C=O) groups excluding carboxylic acids is 1. The van der Waals surface area contributed by atoms with E-state index in [1.807, 2.05) is 88.3 Å². The smallest absolute Gasteiger partial charge is 0.410 e. The van der Waals surface area contributed by atoms with E-state index in [0.717, 1.165) is 28.1 Å². The third-order valence-electron chi connectivity index (χ3n) is 5.64. The molecule has 0 aliphatic heterocycles. The number of benzene rings is 2. The van der Waals surface area contributed by atoms with Crippen molar-refractivity contribution >= 4 is 11.9 Å². The summed E-state index contributed by atoms with van der Waals surface area (Å²) >= 11 is 0. The Bertz CT molecular complexity index is 1320. The molecular formula is C26H29N7O2. The lowest BCUT2D eigenvalue weighted by molar-refractivity contribution is 0.197. The number of hydrogen-bond donors (Lipinski definition) is 1. The summed E-state index contributed by atoms with van der Waals surface area (Å²) in [4.78, 5) is 19.1. The van der Waals surface area contributed by atoms with Crippen LogP contribution < -0.4 is 15.0 Å². The molecule has 180 valence electrons. The first-order valence-corrected chi connectivity index (χ1v) is 11.5. The van der Waals surface area contributed by atoms with Gasteiger partial charge in [0.15, 0.2) is 5.82 Å². The fourth-order valence-electron chi connectivity index (χ4n) is 3.65. The molecule has 2 aromatic carbocycles. The molecule has 9 heteroatoms. The Labute approximate surface area is 204 Å². The summed E-state index contributed by atoms with van der Waals surface area (Å²) in [5.41, 5.74) is 4.69. The average Bonchev–Trinajstić information content (AvgIpc) is 3.33. The van der Waals surface area contributed by atoms with Gasteiger partial charge in [0.1, 0.15) is 11.6 Å². The molecule has 4 aromatic rings. The van der Waals surface area contributed by atoms with Crippen LogP contribution in [0.15, 0.2) is 60.8 Å². The molecule has 0 spiro atoms. The number of nitrogens with zero attached hydrogens (tertiary/aromatic N) is 6. The molecule has 0 saturated carbocycles. The van der Waals surface area contributed by atoms with E-state index in [9.17, 15) is 4.79 Å². The molecule has 0 aliphatic rings. The van der Waals surface area contributed by atoms with Crippen molar-refractivity contribution in [1.82, 2.24) is 30.5 Å². The maximum Gasteiger partial charge on any atom is 0.413 e. The van der Waals surface area contributed by atoms with Crippen LogP contribution in [0.2, 0.25) is 0 Å². The van der Waals surface area contributed by atoms with Gasteiger partial charge in [0.25, 0.3) is 0 Å². The van der Waals surface area contributed by atoms with E-state index in [1.54, 1.807) is 16.9 Å². The molecular weight excluding hydrogens is 442 g/mol. The minimum Gasteiger partial charge on any atom is -0.410 e. The Morgan fingerprint density at radius 1 is 1.09 bits per heavy atom. The van der Waals surface area contributed by atoms with Crippen LogP contribution in [0.3, 0.4) is 0 Å². The van der Waals surface area contributed by atoms with Gasteiger partial charge in [-0.2, -0.15) is 4.68 Å². The number of nitrogens with one attached hydrogen (secondary N) is 1. The summed E-state index contributed by atoms with van der Waals surface area (Å²) in [6, 6.07) is 17.3. The lowest BCUT2D eigenvalue weighted by Crippen LogP contribution is -2.29. The third kappa shape index (κ3) is 5.63. The molecule has 4 rings (SSSR count). The van der Waals surface area contributed by atoms with Crippen molar-refractivity contribution in [3.63, 3.8) is 0 Å². The minimum atomic E-state index is -0.555. The first-order chi connectivity index (χ1) is 16.8. The zero-order valence-electron chi connectivity index (χ0n) is 20.6. The van der Waals surface area contributed by atoms with Gasteiger partial charge in [-0.25, -0.2) is 9.78 Å². The summed E-state index contributed by atoms with van der Waals surface area (Å²) in [7, 11) is 3.84. The van der Waals surface area contributed by atoms with E-state index in [2.05, 4.69) is 25.8 Å². The Balaban J connectivity index is 1.61. The van der Waals surface area contributed by atoms with Gasteiger partial charge in [-0.05, 0) is 65.2 Å². The maximum absolute atomic E-state index is 12.8. The highest BCUT2D eigenvalue weighted by Gasteiger charge is 2.16. The summed E-state index contributed by atoms with van der Waals surface area (Å²) in [5, 5.41) is 14.9. The second-order valence-corrected chi connectivity index (χ2v) is 8.54. The van der Waals surface area contributed by atoms with Crippen LogP contribution in [0, 0.1) is 6.92 Å². The van der Waals surface area contributed by atoms with Gasteiger partial charge in [0.05, 0.1) is 11.7 Å². The number of aryl methyl sites for hydroxylation is 2. The van der Waals surface area contributed by atoms with Gasteiger partial charge in [0.2, 0.25) is 0 Å². The second-order valence-electron chi connectivity index (χ2n) is 8.54. The Morgan fingerprint density at radius 3 is 2.57 bits per heavy atom. The van der Waals surface area contributed by atoms with Gasteiger partial charge >= 0.3 is 6.09 Å². The van der Waals surface area contributed by atoms with Gasteiger partial charge < -0.3 is 15.0 Å². The Hall–Kier alpha value is -4.27. The topological polar surface area (TPSA) is 98.1 Å². The van der Waals surface area contributed by atoms with Crippen molar-refractivity contribution < 1.29 is 9.53 Å². The molecule has 2 aromatic heterocycles. The minimum absolute atomic E-state index is 0.268. The maximum atomic E-state index is 12.8. The van der Waals surface area contributed by atoms with Crippen molar-refractivity contribution in [2.45, 2.75) is 33.2 Å². The summed E-state index contributed by atoms with van der Waals surface area (Å²) in [5.74, 6) is 1.92. The lowest BCUT2D eigenvalue weighted by atomic mass is 10.0. The van der Waals surface area contributed by atoms with Crippen molar-refractivity contribution in [2.75, 3.05) is 19.0 Å². The van der Waals surface area contributed by atoms with Gasteiger partial charge in [-0.1, -0.05) is 36.8 Å². The van der Waals surface area contributed by atoms with E-state index in [0.29, 0.717) is 23.7 Å². The van der Waals surface area contributed by atoms with Crippen LogP contribution >= 0.6 is 0 Å². The van der Waals surface area contributed by atoms with Gasteiger partial charge in [-0.15, -0.1) is 5.10 Å². The standard InChI is InChI=1S/C26H29N7O2/c1-6-24-29-30-31-33(24)22-13-21(19-9-7-17(2)8-10-19)14-23(16-22)35-26(34)28-18(3)20-11-12-27-25(15-20)32(4)5/h7-16,18H,6H2,1-5H3,(H,28,34). The highest BCUT2D eigenvalue weighted by Crippen LogP contribution is 2.29. The number of anilines is 1. The van der Waals surface area contributed by atoms with Gasteiger partial charge in [-0.3, -0.25) is 0 Å². The van der Waals surface area contributed by atoms with E-state index >= 15 is 0 Å². The first-order valence-electron chi connectivity index (χ1n) is 11.5. The zero-order chi connectivity index (χ0) is 24.9. The SMILES string of the molecule is CCc1nnnn1-c1cc(OC(=O)NC(C)c2ccnc(N(C)C)c2)cc(-c2ccc(C)cc2)c1. The van der Waals surface area contributed by atoms with E-state index in [1.165, 1.54) is 0 Å². The van der Waals surface area contributed by atoms with E-state index < -0.39 is 6.09 Å². The predicted molar refractivity (Wildman–Crippen MR) is 135 cm³/mol. The van der Waals surface area contributed by atoms with Crippen LogP contribution in [-0.4, -0.2) is 45.4 Å². The molecule has 35 heavy (non-hydrogen) atoms. The largest absolute Gasteiger partial charge is 0.413 e. The quantitative estimate of drug-likeness (QED) is 0.423. The Kier molecular flexibility index (Phi) is 7.05. The van der Waals surface area contributed by atoms with Crippen molar-refractivity contribution in [1.29, 1.82) is 0 Å². The van der Waals surface area contributed by atoms with E-state index in [4.69, 9.17) is 4.74 Å². The monoisotopic (exact) mass is 471 g/mol. The zero-order valence-corrected chi connectivity index (χ0v) is 20.6. The van der Waals surface area contributed by atoms with Gasteiger partial charge in [0, 0.05) is 32.8 Å². The fourth-order valence-corrected chi connectivity index (χ4v) is 3.65. The molecule has 0 radical (unpaired) electrons. The predicted octanol–water partition coefficient (Wildman–Crippen LogP) is 4.51. The number of tetrazole rings is 1. The average molecular weight is 472 g/mol. The number of rotatable bonds is 7. The number of hydrogen-bond acceptors (Lipinski definition) is 7. The van der Waals surface area contributed by atoms with Crippen molar-refractivity contribution in [3.8, 4) is 22.6 Å². The first kappa shape index (κ1) is 23.9. The summed E-state index contributed by atoms with van der Waals surface area (Å²) < 4.78 is 7.38. The lowest BCUT2D eigenvalue weighted by Gasteiger charge is -2.17.